The minimum absolute atomic E-state index is 0.0233. The minimum Gasteiger partial charge on any atom is -0.485 e. The summed E-state index contributed by atoms with van der Waals surface area (Å²) in [6.45, 7) is -0.0233. The SMILES string of the molecule is O=C(COc1cccc(-c2nc3sccn3c2-c2ccncn2)c1)c1ccccc1. The van der Waals surface area contributed by atoms with Gasteiger partial charge in [-0.3, -0.25) is 9.20 Å². The highest BCUT2D eigenvalue weighted by Gasteiger charge is 2.18. The van der Waals surface area contributed by atoms with Crippen LogP contribution in [-0.2, 0) is 0 Å². The van der Waals surface area contributed by atoms with Crippen molar-refractivity contribution in [3.8, 4) is 28.4 Å². The monoisotopic (exact) mass is 412 g/mol. The molecule has 5 rings (SSSR count). The van der Waals surface area contributed by atoms with E-state index in [0.717, 1.165) is 27.6 Å². The highest BCUT2D eigenvalue weighted by Crippen LogP contribution is 2.34. The molecule has 30 heavy (non-hydrogen) atoms. The fourth-order valence-corrected chi connectivity index (χ4v) is 3.97. The number of ketones is 1. The van der Waals surface area contributed by atoms with E-state index in [9.17, 15) is 4.79 Å². The van der Waals surface area contributed by atoms with Gasteiger partial charge in [-0.05, 0) is 18.2 Å². The Morgan fingerprint density at radius 3 is 2.80 bits per heavy atom. The van der Waals surface area contributed by atoms with E-state index in [4.69, 9.17) is 9.72 Å². The Hall–Kier alpha value is -3.84. The van der Waals surface area contributed by atoms with E-state index in [1.807, 2.05) is 64.5 Å². The lowest BCUT2D eigenvalue weighted by molar-refractivity contribution is 0.0921. The molecule has 0 N–H and O–H groups in total. The van der Waals surface area contributed by atoms with Gasteiger partial charge in [-0.1, -0.05) is 42.5 Å². The van der Waals surface area contributed by atoms with Crippen LogP contribution in [0.15, 0.2) is 84.8 Å². The van der Waals surface area contributed by atoms with Crippen molar-refractivity contribution in [2.75, 3.05) is 6.61 Å². The molecule has 0 saturated heterocycles. The summed E-state index contributed by atoms with van der Waals surface area (Å²) >= 11 is 1.56. The third kappa shape index (κ3) is 3.46. The van der Waals surface area contributed by atoms with Crippen LogP contribution in [0.3, 0.4) is 0 Å². The maximum absolute atomic E-state index is 12.3. The fourth-order valence-electron chi connectivity index (χ4n) is 3.25. The van der Waals surface area contributed by atoms with E-state index in [1.165, 1.54) is 6.33 Å². The van der Waals surface area contributed by atoms with E-state index < -0.39 is 0 Å². The van der Waals surface area contributed by atoms with Gasteiger partial charge in [0.2, 0.25) is 0 Å². The van der Waals surface area contributed by atoms with Crippen molar-refractivity contribution < 1.29 is 9.53 Å². The lowest BCUT2D eigenvalue weighted by atomic mass is 10.1. The second-order valence-electron chi connectivity index (χ2n) is 6.56. The van der Waals surface area contributed by atoms with Crippen LogP contribution < -0.4 is 4.74 Å². The maximum Gasteiger partial charge on any atom is 0.200 e. The molecule has 0 aliphatic heterocycles. The Bertz CT molecular complexity index is 1310. The minimum atomic E-state index is -0.0646. The van der Waals surface area contributed by atoms with Gasteiger partial charge in [0.15, 0.2) is 17.4 Å². The van der Waals surface area contributed by atoms with E-state index in [0.29, 0.717) is 11.3 Å². The predicted molar refractivity (Wildman–Crippen MR) is 116 cm³/mol. The third-order valence-corrected chi connectivity index (χ3v) is 5.42. The first-order valence-electron chi connectivity index (χ1n) is 9.33. The molecule has 3 aromatic heterocycles. The number of imidazole rings is 1. The number of fused-ring (bicyclic) bond motifs is 1. The molecule has 0 unspecified atom stereocenters. The largest absolute Gasteiger partial charge is 0.485 e. The summed E-state index contributed by atoms with van der Waals surface area (Å²) in [6.07, 6.45) is 5.22. The Balaban J connectivity index is 1.47. The van der Waals surface area contributed by atoms with Gasteiger partial charge in [0.05, 0.1) is 11.4 Å². The number of benzene rings is 2. The van der Waals surface area contributed by atoms with Crippen LogP contribution in [0.25, 0.3) is 27.6 Å². The second-order valence-corrected chi connectivity index (χ2v) is 7.44. The molecule has 7 heteroatoms. The third-order valence-electron chi connectivity index (χ3n) is 4.66. The number of thiazole rings is 1. The molecule has 0 spiro atoms. The zero-order valence-corrected chi connectivity index (χ0v) is 16.6. The van der Waals surface area contributed by atoms with E-state index in [2.05, 4.69) is 9.97 Å². The molecular formula is C23H16N4O2S. The highest BCUT2D eigenvalue weighted by atomic mass is 32.1. The van der Waals surface area contributed by atoms with Gasteiger partial charge in [0.1, 0.15) is 17.8 Å². The molecule has 0 atom stereocenters. The smallest absolute Gasteiger partial charge is 0.200 e. The molecule has 6 nitrogen and oxygen atoms in total. The van der Waals surface area contributed by atoms with Crippen molar-refractivity contribution in [1.29, 1.82) is 0 Å². The maximum atomic E-state index is 12.3. The van der Waals surface area contributed by atoms with E-state index >= 15 is 0 Å². The van der Waals surface area contributed by atoms with Gasteiger partial charge in [0, 0.05) is 28.9 Å². The predicted octanol–water partition coefficient (Wildman–Crippen LogP) is 4.78. The van der Waals surface area contributed by atoms with Gasteiger partial charge < -0.3 is 4.74 Å². The van der Waals surface area contributed by atoms with Crippen molar-refractivity contribution in [1.82, 2.24) is 19.4 Å². The van der Waals surface area contributed by atoms with Gasteiger partial charge >= 0.3 is 0 Å². The molecule has 5 aromatic rings. The average Bonchev–Trinajstić information content (AvgIpc) is 3.40. The standard InChI is InChI=1S/C23H16N4O2S/c28-20(16-5-2-1-3-6-16)14-29-18-8-4-7-17(13-18)21-22(19-9-10-24-15-25-19)27-11-12-30-23(27)26-21/h1-13,15H,14H2. The molecule has 146 valence electrons. The first-order valence-corrected chi connectivity index (χ1v) is 10.2. The fraction of sp³-hybridized carbons (Fsp3) is 0.0435. The number of nitrogens with zero attached hydrogens (tertiary/aromatic N) is 4. The zero-order valence-electron chi connectivity index (χ0n) is 15.8. The Kier molecular flexibility index (Phi) is 4.78. The Labute approximate surface area is 176 Å². The number of aromatic nitrogens is 4. The van der Waals surface area contributed by atoms with Gasteiger partial charge in [-0.25, -0.2) is 15.0 Å². The number of rotatable bonds is 6. The van der Waals surface area contributed by atoms with Crippen molar-refractivity contribution in [3.05, 3.63) is 90.3 Å². The van der Waals surface area contributed by atoms with E-state index in [-0.39, 0.29) is 12.4 Å². The number of hydrogen-bond acceptors (Lipinski definition) is 6. The van der Waals surface area contributed by atoms with E-state index in [1.54, 1.807) is 29.7 Å². The second kappa shape index (κ2) is 7.88. The molecule has 2 aromatic carbocycles. The average molecular weight is 412 g/mol. The normalized spacial score (nSPS) is 10.9. The van der Waals surface area contributed by atoms with Gasteiger partial charge in [0.25, 0.3) is 0 Å². The zero-order chi connectivity index (χ0) is 20.3. The molecular weight excluding hydrogens is 396 g/mol. The first-order chi connectivity index (χ1) is 14.8. The molecule has 0 aliphatic carbocycles. The van der Waals surface area contributed by atoms with Crippen LogP contribution >= 0.6 is 11.3 Å². The highest BCUT2D eigenvalue weighted by molar-refractivity contribution is 7.15. The number of ether oxygens (including phenoxy) is 1. The lowest BCUT2D eigenvalue weighted by Gasteiger charge is -2.08. The van der Waals surface area contributed by atoms with Gasteiger partial charge in [-0.15, -0.1) is 11.3 Å². The number of Topliss-reactive ketones (excluding diaryl/α,β-unsaturated/α-hetero) is 1. The van der Waals surface area contributed by atoms with Crippen LogP contribution in [0.2, 0.25) is 0 Å². The first kappa shape index (κ1) is 18.2. The van der Waals surface area contributed by atoms with Gasteiger partial charge in [-0.2, -0.15) is 0 Å². The molecule has 0 aliphatic rings. The summed E-state index contributed by atoms with van der Waals surface area (Å²) in [4.78, 5) is 26.4. The summed E-state index contributed by atoms with van der Waals surface area (Å²) in [6, 6.07) is 18.6. The molecule has 0 saturated carbocycles. The van der Waals surface area contributed by atoms with Crippen LogP contribution in [0, 0.1) is 0 Å². The van der Waals surface area contributed by atoms with Crippen molar-refractivity contribution in [2.45, 2.75) is 0 Å². The Morgan fingerprint density at radius 1 is 1.07 bits per heavy atom. The molecule has 0 radical (unpaired) electrons. The Morgan fingerprint density at radius 2 is 1.97 bits per heavy atom. The van der Waals surface area contributed by atoms with Crippen LogP contribution in [0.5, 0.6) is 5.75 Å². The van der Waals surface area contributed by atoms with Crippen LogP contribution in [-0.4, -0.2) is 31.7 Å². The number of hydrogen-bond donors (Lipinski definition) is 0. The summed E-state index contributed by atoms with van der Waals surface area (Å²) < 4.78 is 7.80. The van der Waals surface area contributed by atoms with Crippen LogP contribution in [0.4, 0.5) is 0 Å². The summed E-state index contributed by atoms with van der Waals surface area (Å²) in [7, 11) is 0. The summed E-state index contributed by atoms with van der Waals surface area (Å²) in [5.41, 5.74) is 4.02. The van der Waals surface area contributed by atoms with Crippen molar-refractivity contribution >= 4 is 22.1 Å². The number of carbonyl (C=O) groups is 1. The van der Waals surface area contributed by atoms with Crippen LogP contribution in [0.1, 0.15) is 10.4 Å². The molecule has 3 heterocycles. The molecule has 0 bridgehead atoms. The van der Waals surface area contributed by atoms with Crippen molar-refractivity contribution in [3.63, 3.8) is 0 Å². The topological polar surface area (TPSA) is 69.4 Å². The lowest BCUT2D eigenvalue weighted by Crippen LogP contribution is -2.11. The quantitative estimate of drug-likeness (QED) is 0.375. The summed E-state index contributed by atoms with van der Waals surface area (Å²) in [5.74, 6) is 0.548. The number of carbonyl (C=O) groups excluding carboxylic acids is 1. The van der Waals surface area contributed by atoms with Crippen molar-refractivity contribution in [2.24, 2.45) is 0 Å². The molecule has 0 fully saturated rings. The summed E-state index contributed by atoms with van der Waals surface area (Å²) in [5, 5.41) is 1.99. The molecule has 0 amide bonds.